The zero-order valence-corrected chi connectivity index (χ0v) is 19.5. The Morgan fingerprint density at radius 3 is 1.70 bits per heavy atom. The van der Waals surface area contributed by atoms with Crippen molar-refractivity contribution in [3.63, 3.8) is 0 Å². The first-order valence-corrected chi connectivity index (χ1v) is 12.5. The molecule has 0 fully saturated rings. The molecule has 4 heteroatoms. The molecule has 0 aromatic heterocycles. The van der Waals surface area contributed by atoms with E-state index in [0.717, 1.165) is 29.7 Å². The van der Waals surface area contributed by atoms with Crippen LogP contribution in [0.1, 0.15) is 121 Å². The fourth-order valence-corrected chi connectivity index (χ4v) is 4.39. The first kappa shape index (κ1) is 24.6. The summed E-state index contributed by atoms with van der Waals surface area (Å²) in [6, 6.07) is 1.55. The van der Waals surface area contributed by atoms with Crippen molar-refractivity contribution in [2.24, 2.45) is 9.98 Å². The molecule has 1 heterocycles. The van der Waals surface area contributed by atoms with Gasteiger partial charge >= 0.3 is 6.03 Å². The average molecular weight is 414 g/mol. The van der Waals surface area contributed by atoms with Crippen LogP contribution in [0.15, 0.2) is 16.1 Å². The van der Waals surface area contributed by atoms with Crippen LogP contribution in [0.3, 0.4) is 0 Å². The minimum absolute atomic E-state index is 0.410. The first-order valence-electron chi connectivity index (χ1n) is 12.5. The third-order valence-electron chi connectivity index (χ3n) is 6.38. The van der Waals surface area contributed by atoms with Gasteiger partial charge in [0, 0.05) is 11.3 Å². The lowest BCUT2D eigenvalue weighted by molar-refractivity contribution is 0.256. The fraction of sp³-hybridized carbons (Fsp3) is 0.731. The van der Waals surface area contributed by atoms with Crippen molar-refractivity contribution in [1.82, 2.24) is 0 Å². The van der Waals surface area contributed by atoms with Gasteiger partial charge in [-0.05, 0) is 31.4 Å². The predicted octanol–water partition coefficient (Wildman–Crippen LogP) is 6.75. The van der Waals surface area contributed by atoms with Crippen LogP contribution in [-0.4, -0.2) is 6.03 Å². The van der Waals surface area contributed by atoms with Crippen molar-refractivity contribution in [3.8, 4) is 0 Å². The topological polar surface area (TPSA) is 67.8 Å². The monoisotopic (exact) mass is 413 g/mol. The van der Waals surface area contributed by atoms with Crippen molar-refractivity contribution in [2.75, 3.05) is 5.73 Å². The van der Waals surface area contributed by atoms with Crippen molar-refractivity contribution in [3.05, 3.63) is 27.9 Å². The molecule has 0 unspecified atom stereocenters. The zero-order valence-electron chi connectivity index (χ0n) is 19.5. The third-order valence-corrected chi connectivity index (χ3v) is 6.38. The number of carbonyl (C=O) groups excluding carboxylic acids is 1. The van der Waals surface area contributed by atoms with E-state index in [-0.39, 0.29) is 0 Å². The summed E-state index contributed by atoms with van der Waals surface area (Å²) in [5.74, 6) is 0. The molecule has 2 amide bonds. The lowest BCUT2D eigenvalue weighted by Crippen LogP contribution is -2.27. The van der Waals surface area contributed by atoms with E-state index in [9.17, 15) is 4.79 Å². The Morgan fingerprint density at radius 2 is 1.20 bits per heavy atom. The maximum atomic E-state index is 11.4. The van der Waals surface area contributed by atoms with E-state index in [2.05, 4.69) is 16.9 Å². The lowest BCUT2D eigenvalue weighted by atomic mass is 10.00. The Balaban J connectivity index is 1.45. The zero-order chi connectivity index (χ0) is 21.6. The van der Waals surface area contributed by atoms with E-state index in [1.54, 1.807) is 0 Å². The number of unbranched alkanes of at least 4 members (excludes halogenated alkanes) is 15. The van der Waals surface area contributed by atoms with Crippen LogP contribution in [0.2, 0.25) is 0 Å². The summed E-state index contributed by atoms with van der Waals surface area (Å²) in [7, 11) is 0. The molecule has 0 saturated carbocycles. The van der Waals surface area contributed by atoms with Crippen LogP contribution in [0, 0.1) is 6.92 Å². The molecule has 30 heavy (non-hydrogen) atoms. The second-order valence-electron chi connectivity index (χ2n) is 9.00. The van der Waals surface area contributed by atoms with Crippen LogP contribution in [0.5, 0.6) is 0 Å². The average Bonchev–Trinajstić information content (AvgIpc) is 3.11. The smallest absolute Gasteiger partial charge is 0.368 e. The first-order chi connectivity index (χ1) is 14.6. The maximum absolute atomic E-state index is 11.4. The number of aryl methyl sites for hydroxylation is 1. The predicted molar refractivity (Wildman–Crippen MR) is 127 cm³/mol. The van der Waals surface area contributed by atoms with E-state index in [4.69, 9.17) is 5.73 Å². The lowest BCUT2D eigenvalue weighted by Gasteiger charge is -2.08. The number of rotatable bonds is 17. The summed E-state index contributed by atoms with van der Waals surface area (Å²) in [6.45, 7) is 4.22. The second kappa shape index (κ2) is 14.3. The van der Waals surface area contributed by atoms with Crippen LogP contribution < -0.4 is 16.4 Å². The summed E-state index contributed by atoms with van der Waals surface area (Å²) >= 11 is 0. The Hall–Kier alpha value is -1.71. The van der Waals surface area contributed by atoms with Gasteiger partial charge in [0.2, 0.25) is 0 Å². The Kier molecular flexibility index (Phi) is 11.7. The molecule has 1 aliphatic heterocycles. The molecule has 2 rings (SSSR count). The number of nitrogens with zero attached hydrogens (tertiary/aromatic N) is 2. The Morgan fingerprint density at radius 1 is 0.733 bits per heavy atom. The second-order valence-corrected chi connectivity index (χ2v) is 9.00. The number of amides is 2. The molecule has 0 spiro atoms. The van der Waals surface area contributed by atoms with Crippen LogP contribution in [-0.2, 0) is 6.42 Å². The summed E-state index contributed by atoms with van der Waals surface area (Å²) in [6.07, 6.45) is 23.0. The number of hydrogen-bond acceptors (Lipinski definition) is 2. The van der Waals surface area contributed by atoms with Gasteiger partial charge in [-0.15, -0.1) is 0 Å². The summed E-state index contributed by atoms with van der Waals surface area (Å²) in [5, 5.41) is 1.35. The third kappa shape index (κ3) is 8.57. The SMILES string of the molecule is CCCCCCCCCCCCCCCCCCc1cc2c(c(C)c1N)=NC(=O)N=2. The van der Waals surface area contributed by atoms with E-state index in [1.807, 2.05) is 13.0 Å². The molecule has 0 atom stereocenters. The minimum Gasteiger partial charge on any atom is -0.398 e. The van der Waals surface area contributed by atoms with Gasteiger partial charge in [0.05, 0.1) is 10.7 Å². The number of anilines is 1. The van der Waals surface area contributed by atoms with Crippen molar-refractivity contribution in [1.29, 1.82) is 0 Å². The van der Waals surface area contributed by atoms with Crippen molar-refractivity contribution < 1.29 is 4.79 Å². The van der Waals surface area contributed by atoms with Crippen LogP contribution in [0.4, 0.5) is 10.5 Å². The molecule has 0 saturated heterocycles. The Labute approximate surface area is 183 Å². The van der Waals surface area contributed by atoms with Crippen LogP contribution in [0.25, 0.3) is 0 Å². The van der Waals surface area contributed by atoms with E-state index in [1.165, 1.54) is 96.3 Å². The molecule has 1 aliphatic rings. The van der Waals surface area contributed by atoms with Gasteiger partial charge in [0.25, 0.3) is 0 Å². The van der Waals surface area contributed by atoms with Gasteiger partial charge in [-0.3, -0.25) is 0 Å². The number of urea groups is 1. The number of hydrogen-bond donors (Lipinski definition) is 1. The quantitative estimate of drug-likeness (QED) is 0.226. The van der Waals surface area contributed by atoms with E-state index >= 15 is 0 Å². The molecular formula is C26H43N3O. The standard InChI is InChI=1S/C26H43N3O/c1-3-4-5-6-7-8-9-10-11-12-13-14-15-16-17-18-19-22-20-23-25(21(2)24(22)27)29-26(30)28-23/h20H,3-19,27H2,1-2H3. The maximum Gasteiger partial charge on any atom is 0.368 e. The summed E-state index contributed by atoms with van der Waals surface area (Å²) in [4.78, 5) is 19.3. The number of fused-ring (bicyclic) bond motifs is 1. The van der Waals surface area contributed by atoms with Gasteiger partial charge < -0.3 is 5.73 Å². The van der Waals surface area contributed by atoms with Crippen LogP contribution >= 0.6 is 0 Å². The molecule has 0 radical (unpaired) electrons. The van der Waals surface area contributed by atoms with Crippen molar-refractivity contribution >= 4 is 11.7 Å². The van der Waals surface area contributed by atoms with Gasteiger partial charge in [-0.25, -0.2) is 4.79 Å². The number of benzene rings is 1. The van der Waals surface area contributed by atoms with E-state index in [0.29, 0.717) is 10.7 Å². The Bertz CT molecular complexity index is 769. The minimum atomic E-state index is -0.410. The summed E-state index contributed by atoms with van der Waals surface area (Å²) < 4.78 is 0. The highest BCUT2D eigenvalue weighted by molar-refractivity contribution is 5.78. The number of carbonyl (C=O) groups is 1. The fourth-order valence-electron chi connectivity index (χ4n) is 4.39. The molecule has 1 aromatic rings. The normalized spacial score (nSPS) is 12.7. The van der Waals surface area contributed by atoms with Gasteiger partial charge in [-0.2, -0.15) is 9.98 Å². The summed E-state index contributed by atoms with van der Waals surface area (Å²) in [5.41, 5.74) is 9.05. The number of nitrogens with two attached hydrogens (primary N) is 1. The molecule has 0 bridgehead atoms. The van der Waals surface area contributed by atoms with Gasteiger partial charge in [0.15, 0.2) is 0 Å². The van der Waals surface area contributed by atoms with Gasteiger partial charge in [0.1, 0.15) is 0 Å². The van der Waals surface area contributed by atoms with Gasteiger partial charge in [-0.1, -0.05) is 103 Å². The molecule has 0 aliphatic carbocycles. The highest BCUT2D eigenvalue weighted by Gasteiger charge is 2.12. The molecular weight excluding hydrogens is 370 g/mol. The number of nitrogen functional groups attached to an aromatic ring is 1. The van der Waals surface area contributed by atoms with E-state index < -0.39 is 6.03 Å². The largest absolute Gasteiger partial charge is 0.398 e. The molecule has 4 nitrogen and oxygen atoms in total. The highest BCUT2D eigenvalue weighted by atomic mass is 16.2. The highest BCUT2D eigenvalue weighted by Crippen LogP contribution is 2.17. The molecule has 2 N–H and O–H groups in total. The van der Waals surface area contributed by atoms with Crippen molar-refractivity contribution in [2.45, 2.75) is 123 Å². The molecule has 1 aromatic carbocycles. The molecule has 168 valence electrons.